The van der Waals surface area contributed by atoms with Crippen molar-refractivity contribution >= 4 is 11.6 Å². The van der Waals surface area contributed by atoms with Gasteiger partial charge in [-0.3, -0.25) is 4.79 Å². The molecule has 0 aliphatic heterocycles. The van der Waals surface area contributed by atoms with Gasteiger partial charge in [-0.2, -0.15) is 0 Å². The summed E-state index contributed by atoms with van der Waals surface area (Å²) in [7, 11) is 0. The molecule has 0 aliphatic rings. The Morgan fingerprint density at radius 3 is 2.47 bits per heavy atom. The summed E-state index contributed by atoms with van der Waals surface area (Å²) < 4.78 is 0. The lowest BCUT2D eigenvalue weighted by atomic mass is 10.0. The number of amides is 1. The van der Waals surface area contributed by atoms with Crippen LogP contribution in [0, 0.1) is 0 Å². The van der Waals surface area contributed by atoms with Crippen molar-refractivity contribution in [3.05, 3.63) is 29.8 Å². The van der Waals surface area contributed by atoms with Gasteiger partial charge in [0.1, 0.15) is 0 Å². The maximum atomic E-state index is 11.5. The highest BCUT2D eigenvalue weighted by Gasteiger charge is 2.02. The van der Waals surface area contributed by atoms with E-state index in [4.69, 9.17) is 5.11 Å². The maximum absolute atomic E-state index is 11.5. The Labute approximate surface area is 102 Å². The van der Waals surface area contributed by atoms with Crippen LogP contribution in [0.5, 0.6) is 0 Å². The summed E-state index contributed by atoms with van der Waals surface area (Å²) in [6, 6.07) is 7.83. The van der Waals surface area contributed by atoms with Crippen molar-refractivity contribution in [3.8, 4) is 0 Å². The minimum atomic E-state index is -0.101. The molecule has 1 rings (SSSR count). The first-order chi connectivity index (χ1) is 8.13. The molecule has 0 radical (unpaired) electrons. The first-order valence-electron chi connectivity index (χ1n) is 5.85. The van der Waals surface area contributed by atoms with Crippen molar-refractivity contribution in [3.63, 3.8) is 0 Å². The third-order valence-electron chi connectivity index (χ3n) is 2.44. The Morgan fingerprint density at radius 2 is 1.94 bits per heavy atom. The Kier molecular flexibility index (Phi) is 5.66. The summed E-state index contributed by atoms with van der Waals surface area (Å²) in [5.74, 6) is 0.390. The molecule has 0 spiro atoms. The molecule has 0 atom stereocenters. The number of aliphatic hydroxyl groups excluding tert-OH is 1. The predicted octanol–water partition coefficient (Wildman–Crippen LogP) is 1.33. The highest BCUT2D eigenvalue weighted by Crippen LogP contribution is 2.16. The first-order valence-corrected chi connectivity index (χ1v) is 5.85. The smallest absolute Gasteiger partial charge is 0.238 e. The van der Waals surface area contributed by atoms with Crippen molar-refractivity contribution in [2.75, 3.05) is 25.0 Å². The number of carbonyl (C=O) groups is 1. The zero-order chi connectivity index (χ0) is 12.7. The van der Waals surface area contributed by atoms with E-state index < -0.39 is 0 Å². The van der Waals surface area contributed by atoms with E-state index in [2.05, 4.69) is 24.5 Å². The van der Waals surface area contributed by atoms with E-state index in [1.807, 2.05) is 24.3 Å². The SMILES string of the molecule is CC(C)c1ccc(NC(=O)CNCCO)cc1. The van der Waals surface area contributed by atoms with Crippen molar-refractivity contribution in [2.24, 2.45) is 0 Å². The van der Waals surface area contributed by atoms with Crippen LogP contribution in [-0.4, -0.2) is 30.7 Å². The van der Waals surface area contributed by atoms with E-state index in [-0.39, 0.29) is 19.1 Å². The van der Waals surface area contributed by atoms with Gasteiger partial charge in [-0.25, -0.2) is 0 Å². The van der Waals surface area contributed by atoms with E-state index in [1.165, 1.54) is 5.56 Å². The second-order valence-corrected chi connectivity index (χ2v) is 4.23. The van der Waals surface area contributed by atoms with Gasteiger partial charge in [0.05, 0.1) is 13.2 Å². The second kappa shape index (κ2) is 7.04. The van der Waals surface area contributed by atoms with Crippen LogP contribution in [0.4, 0.5) is 5.69 Å². The number of carbonyl (C=O) groups excluding carboxylic acids is 1. The van der Waals surface area contributed by atoms with E-state index >= 15 is 0 Å². The molecule has 4 nitrogen and oxygen atoms in total. The minimum absolute atomic E-state index is 0.0381. The number of hydrogen-bond acceptors (Lipinski definition) is 3. The monoisotopic (exact) mass is 236 g/mol. The molecule has 0 saturated carbocycles. The highest BCUT2D eigenvalue weighted by atomic mass is 16.3. The van der Waals surface area contributed by atoms with Gasteiger partial charge in [0.2, 0.25) is 5.91 Å². The fraction of sp³-hybridized carbons (Fsp3) is 0.462. The summed E-state index contributed by atoms with van der Waals surface area (Å²) in [5.41, 5.74) is 2.05. The predicted molar refractivity (Wildman–Crippen MR) is 69.1 cm³/mol. The average molecular weight is 236 g/mol. The summed E-state index contributed by atoms with van der Waals surface area (Å²) >= 11 is 0. The summed E-state index contributed by atoms with van der Waals surface area (Å²) in [6.07, 6.45) is 0. The molecule has 0 heterocycles. The quantitative estimate of drug-likeness (QED) is 0.653. The number of benzene rings is 1. The number of anilines is 1. The van der Waals surface area contributed by atoms with Crippen molar-refractivity contribution in [2.45, 2.75) is 19.8 Å². The Hall–Kier alpha value is -1.39. The molecule has 0 aliphatic carbocycles. The topological polar surface area (TPSA) is 61.4 Å². The third kappa shape index (κ3) is 4.97. The van der Waals surface area contributed by atoms with Crippen LogP contribution in [0.25, 0.3) is 0 Å². The van der Waals surface area contributed by atoms with Gasteiger partial charge in [-0.05, 0) is 23.6 Å². The highest BCUT2D eigenvalue weighted by molar-refractivity contribution is 5.92. The largest absolute Gasteiger partial charge is 0.395 e. The summed E-state index contributed by atoms with van der Waals surface area (Å²) in [4.78, 5) is 11.5. The van der Waals surface area contributed by atoms with Crippen LogP contribution >= 0.6 is 0 Å². The van der Waals surface area contributed by atoms with Crippen LogP contribution in [0.3, 0.4) is 0 Å². The molecular weight excluding hydrogens is 216 g/mol. The van der Waals surface area contributed by atoms with Crippen molar-refractivity contribution in [1.29, 1.82) is 0 Å². The Morgan fingerprint density at radius 1 is 1.29 bits per heavy atom. The van der Waals surface area contributed by atoms with Gasteiger partial charge in [0.15, 0.2) is 0 Å². The lowest BCUT2D eigenvalue weighted by Gasteiger charge is -2.08. The number of nitrogens with one attached hydrogen (secondary N) is 2. The van der Waals surface area contributed by atoms with E-state index in [9.17, 15) is 4.79 Å². The van der Waals surface area contributed by atoms with Crippen LogP contribution in [0.2, 0.25) is 0 Å². The average Bonchev–Trinajstić information content (AvgIpc) is 2.30. The lowest BCUT2D eigenvalue weighted by molar-refractivity contribution is -0.115. The molecule has 0 unspecified atom stereocenters. The molecular formula is C13H20N2O2. The zero-order valence-corrected chi connectivity index (χ0v) is 10.4. The van der Waals surface area contributed by atoms with Gasteiger partial charge in [-0.1, -0.05) is 26.0 Å². The molecule has 1 amide bonds. The standard InChI is InChI=1S/C13H20N2O2/c1-10(2)11-3-5-12(6-4-11)15-13(17)9-14-7-8-16/h3-6,10,14,16H,7-9H2,1-2H3,(H,15,17). The van der Waals surface area contributed by atoms with E-state index in [1.54, 1.807) is 0 Å². The number of rotatable bonds is 6. The lowest BCUT2D eigenvalue weighted by Crippen LogP contribution is -2.29. The second-order valence-electron chi connectivity index (χ2n) is 4.23. The van der Waals surface area contributed by atoms with E-state index in [0.29, 0.717) is 12.5 Å². The molecule has 94 valence electrons. The molecule has 0 fully saturated rings. The molecule has 0 aromatic heterocycles. The molecule has 1 aromatic rings. The Bertz CT molecular complexity index is 347. The van der Waals surface area contributed by atoms with Gasteiger partial charge < -0.3 is 15.7 Å². The minimum Gasteiger partial charge on any atom is -0.395 e. The zero-order valence-electron chi connectivity index (χ0n) is 10.4. The fourth-order valence-corrected chi connectivity index (χ4v) is 1.44. The Balaban J connectivity index is 2.43. The molecule has 17 heavy (non-hydrogen) atoms. The van der Waals surface area contributed by atoms with Crippen LogP contribution < -0.4 is 10.6 Å². The van der Waals surface area contributed by atoms with Gasteiger partial charge in [0.25, 0.3) is 0 Å². The first kappa shape index (κ1) is 13.7. The van der Waals surface area contributed by atoms with Gasteiger partial charge in [-0.15, -0.1) is 0 Å². The van der Waals surface area contributed by atoms with Crippen LogP contribution in [0.1, 0.15) is 25.3 Å². The number of aliphatic hydroxyl groups is 1. The normalized spacial score (nSPS) is 10.6. The van der Waals surface area contributed by atoms with Crippen molar-refractivity contribution < 1.29 is 9.90 Å². The third-order valence-corrected chi connectivity index (χ3v) is 2.44. The fourth-order valence-electron chi connectivity index (χ4n) is 1.44. The summed E-state index contributed by atoms with van der Waals surface area (Å²) in [5, 5.41) is 14.2. The van der Waals surface area contributed by atoms with E-state index in [0.717, 1.165) is 5.69 Å². The van der Waals surface area contributed by atoms with Crippen LogP contribution in [0.15, 0.2) is 24.3 Å². The van der Waals surface area contributed by atoms with Crippen LogP contribution in [-0.2, 0) is 4.79 Å². The molecule has 4 heteroatoms. The maximum Gasteiger partial charge on any atom is 0.238 e. The van der Waals surface area contributed by atoms with Crippen molar-refractivity contribution in [1.82, 2.24) is 5.32 Å². The number of hydrogen-bond donors (Lipinski definition) is 3. The molecule has 0 bridgehead atoms. The molecule has 0 saturated heterocycles. The molecule has 3 N–H and O–H groups in total. The molecule has 1 aromatic carbocycles. The van der Waals surface area contributed by atoms with Gasteiger partial charge in [0, 0.05) is 12.2 Å². The summed E-state index contributed by atoms with van der Waals surface area (Å²) in [6.45, 7) is 4.95. The van der Waals surface area contributed by atoms with Gasteiger partial charge >= 0.3 is 0 Å².